The van der Waals surface area contributed by atoms with Crippen molar-refractivity contribution in [1.82, 2.24) is 4.90 Å². The normalized spacial score (nSPS) is 21.1. The number of aryl methyl sites for hydroxylation is 1. The lowest BCUT2D eigenvalue weighted by molar-refractivity contribution is 0.0447. The van der Waals surface area contributed by atoms with Crippen LogP contribution in [0.25, 0.3) is 0 Å². The second-order valence-corrected chi connectivity index (χ2v) is 4.17. The Labute approximate surface area is 94.9 Å². The van der Waals surface area contributed by atoms with E-state index in [4.69, 9.17) is 4.42 Å². The maximum absolute atomic E-state index is 12.0. The van der Waals surface area contributed by atoms with Crippen molar-refractivity contribution in [2.24, 2.45) is 0 Å². The van der Waals surface area contributed by atoms with Gasteiger partial charge in [-0.25, -0.2) is 0 Å². The quantitative estimate of drug-likeness (QED) is 0.825. The first kappa shape index (κ1) is 11.2. The molecule has 16 heavy (non-hydrogen) atoms. The SMILES string of the molecule is CCc1ccc(C(=O)N2CCC[C@H](O)C2)o1. The van der Waals surface area contributed by atoms with Gasteiger partial charge in [-0.15, -0.1) is 0 Å². The molecule has 0 spiro atoms. The average molecular weight is 223 g/mol. The van der Waals surface area contributed by atoms with Gasteiger partial charge in [-0.2, -0.15) is 0 Å². The minimum Gasteiger partial charge on any atom is -0.456 e. The fourth-order valence-electron chi connectivity index (χ4n) is 1.98. The van der Waals surface area contributed by atoms with E-state index < -0.39 is 6.10 Å². The van der Waals surface area contributed by atoms with Crippen molar-refractivity contribution in [3.05, 3.63) is 23.7 Å². The molecule has 4 nitrogen and oxygen atoms in total. The third-order valence-electron chi connectivity index (χ3n) is 2.90. The van der Waals surface area contributed by atoms with Gasteiger partial charge in [-0.05, 0) is 25.0 Å². The summed E-state index contributed by atoms with van der Waals surface area (Å²) < 4.78 is 5.41. The number of hydrogen-bond donors (Lipinski definition) is 1. The standard InChI is InChI=1S/C12H17NO3/c1-2-10-5-6-11(16-10)12(15)13-7-3-4-9(14)8-13/h5-6,9,14H,2-4,7-8H2,1H3/t9-/m0/s1. The first-order chi connectivity index (χ1) is 7.70. The zero-order chi connectivity index (χ0) is 11.5. The van der Waals surface area contributed by atoms with Crippen LogP contribution in [-0.4, -0.2) is 35.1 Å². The smallest absolute Gasteiger partial charge is 0.289 e. The molecule has 1 aliphatic rings. The number of nitrogens with zero attached hydrogens (tertiary/aromatic N) is 1. The largest absolute Gasteiger partial charge is 0.456 e. The van der Waals surface area contributed by atoms with Crippen LogP contribution in [0.15, 0.2) is 16.5 Å². The first-order valence-corrected chi connectivity index (χ1v) is 5.76. The summed E-state index contributed by atoms with van der Waals surface area (Å²) in [4.78, 5) is 13.7. The molecule has 0 aliphatic carbocycles. The summed E-state index contributed by atoms with van der Waals surface area (Å²) in [5.41, 5.74) is 0. The van der Waals surface area contributed by atoms with E-state index in [0.29, 0.717) is 18.8 Å². The number of likely N-dealkylation sites (tertiary alicyclic amines) is 1. The van der Waals surface area contributed by atoms with E-state index in [2.05, 4.69) is 0 Å². The van der Waals surface area contributed by atoms with E-state index in [9.17, 15) is 9.90 Å². The number of aliphatic hydroxyl groups excluding tert-OH is 1. The third-order valence-corrected chi connectivity index (χ3v) is 2.90. The van der Waals surface area contributed by atoms with E-state index in [1.165, 1.54) is 0 Å². The summed E-state index contributed by atoms with van der Waals surface area (Å²) in [7, 11) is 0. The molecule has 1 aliphatic heterocycles. The Kier molecular flexibility index (Phi) is 3.29. The van der Waals surface area contributed by atoms with Gasteiger partial charge in [0.05, 0.1) is 6.10 Å². The molecule has 1 aromatic heterocycles. The van der Waals surface area contributed by atoms with Crippen molar-refractivity contribution in [2.45, 2.75) is 32.3 Å². The average Bonchev–Trinajstić information content (AvgIpc) is 2.76. The number of aliphatic hydroxyl groups is 1. The van der Waals surface area contributed by atoms with E-state index >= 15 is 0 Å². The van der Waals surface area contributed by atoms with Gasteiger partial charge in [0.25, 0.3) is 5.91 Å². The van der Waals surface area contributed by atoms with Crippen LogP contribution in [0, 0.1) is 0 Å². The molecule has 0 unspecified atom stereocenters. The van der Waals surface area contributed by atoms with Crippen LogP contribution in [0.2, 0.25) is 0 Å². The van der Waals surface area contributed by atoms with Gasteiger partial charge >= 0.3 is 0 Å². The lowest BCUT2D eigenvalue weighted by atomic mass is 10.1. The van der Waals surface area contributed by atoms with Crippen LogP contribution in [0.1, 0.15) is 36.1 Å². The maximum atomic E-state index is 12.0. The summed E-state index contributed by atoms with van der Waals surface area (Å²) in [5, 5.41) is 9.50. The third kappa shape index (κ3) is 2.27. The second-order valence-electron chi connectivity index (χ2n) is 4.17. The van der Waals surface area contributed by atoms with Crippen molar-refractivity contribution < 1.29 is 14.3 Å². The predicted molar refractivity (Wildman–Crippen MR) is 59.2 cm³/mol. The molecule has 1 atom stereocenters. The van der Waals surface area contributed by atoms with Crippen LogP contribution >= 0.6 is 0 Å². The number of carbonyl (C=O) groups is 1. The first-order valence-electron chi connectivity index (χ1n) is 5.76. The van der Waals surface area contributed by atoms with Gasteiger partial charge in [0.2, 0.25) is 0 Å². The number of piperidine rings is 1. The predicted octanol–water partition coefficient (Wildman–Crippen LogP) is 1.44. The van der Waals surface area contributed by atoms with Gasteiger partial charge < -0.3 is 14.4 Å². The minimum absolute atomic E-state index is 0.113. The molecular formula is C12H17NO3. The zero-order valence-corrected chi connectivity index (χ0v) is 9.48. The van der Waals surface area contributed by atoms with E-state index in [-0.39, 0.29) is 5.91 Å². The number of amides is 1. The Bertz CT molecular complexity index is 372. The van der Waals surface area contributed by atoms with Crippen LogP contribution in [0.4, 0.5) is 0 Å². The number of rotatable bonds is 2. The van der Waals surface area contributed by atoms with Crippen LogP contribution in [0.5, 0.6) is 0 Å². The van der Waals surface area contributed by atoms with Crippen molar-refractivity contribution in [2.75, 3.05) is 13.1 Å². The summed E-state index contributed by atoms with van der Waals surface area (Å²) in [6.07, 6.45) is 2.03. The highest BCUT2D eigenvalue weighted by Crippen LogP contribution is 2.15. The highest BCUT2D eigenvalue weighted by Gasteiger charge is 2.24. The van der Waals surface area contributed by atoms with Gasteiger partial charge in [0, 0.05) is 19.5 Å². The molecular weight excluding hydrogens is 206 g/mol. The summed E-state index contributed by atoms with van der Waals surface area (Å²) >= 11 is 0. The van der Waals surface area contributed by atoms with Crippen molar-refractivity contribution in [3.63, 3.8) is 0 Å². The van der Waals surface area contributed by atoms with Gasteiger partial charge in [0.15, 0.2) is 5.76 Å². The fourth-order valence-corrected chi connectivity index (χ4v) is 1.98. The highest BCUT2D eigenvalue weighted by atomic mass is 16.4. The van der Waals surface area contributed by atoms with E-state index in [0.717, 1.165) is 25.0 Å². The Morgan fingerprint density at radius 2 is 2.44 bits per heavy atom. The number of hydrogen-bond acceptors (Lipinski definition) is 3. The monoisotopic (exact) mass is 223 g/mol. The molecule has 1 fully saturated rings. The molecule has 2 heterocycles. The van der Waals surface area contributed by atoms with Crippen molar-refractivity contribution >= 4 is 5.91 Å². The summed E-state index contributed by atoms with van der Waals surface area (Å²) in [5.74, 6) is 1.09. The molecule has 1 saturated heterocycles. The van der Waals surface area contributed by atoms with Crippen LogP contribution < -0.4 is 0 Å². The maximum Gasteiger partial charge on any atom is 0.289 e. The molecule has 2 rings (SSSR count). The second kappa shape index (κ2) is 4.70. The topological polar surface area (TPSA) is 53.7 Å². The molecule has 1 aromatic rings. The lowest BCUT2D eigenvalue weighted by Crippen LogP contribution is -2.42. The Morgan fingerprint density at radius 1 is 1.62 bits per heavy atom. The van der Waals surface area contributed by atoms with E-state index in [1.807, 2.05) is 13.0 Å². The van der Waals surface area contributed by atoms with Crippen molar-refractivity contribution in [3.8, 4) is 0 Å². The number of carbonyl (C=O) groups excluding carboxylic acids is 1. The number of β-amino-alcohol motifs (C(OH)–C–C–N with tert-alkyl or cyclic N) is 1. The molecule has 0 aromatic carbocycles. The van der Waals surface area contributed by atoms with Gasteiger partial charge in [0.1, 0.15) is 5.76 Å². The molecule has 1 N–H and O–H groups in total. The minimum atomic E-state index is -0.390. The molecule has 1 amide bonds. The van der Waals surface area contributed by atoms with E-state index in [1.54, 1.807) is 11.0 Å². The lowest BCUT2D eigenvalue weighted by Gasteiger charge is -2.29. The van der Waals surface area contributed by atoms with Crippen LogP contribution in [0.3, 0.4) is 0 Å². The molecule has 0 radical (unpaired) electrons. The van der Waals surface area contributed by atoms with Crippen molar-refractivity contribution in [1.29, 1.82) is 0 Å². The van der Waals surface area contributed by atoms with Crippen LogP contribution in [-0.2, 0) is 6.42 Å². The van der Waals surface area contributed by atoms with Gasteiger partial charge in [-0.3, -0.25) is 4.79 Å². The Morgan fingerprint density at radius 3 is 3.06 bits per heavy atom. The molecule has 88 valence electrons. The summed E-state index contributed by atoms with van der Waals surface area (Å²) in [6, 6.07) is 3.54. The molecule has 0 bridgehead atoms. The Balaban J connectivity index is 2.06. The molecule has 4 heteroatoms. The summed E-state index contributed by atoms with van der Waals surface area (Å²) in [6.45, 7) is 3.11. The molecule has 0 saturated carbocycles. The Hall–Kier alpha value is -1.29. The zero-order valence-electron chi connectivity index (χ0n) is 9.48. The highest BCUT2D eigenvalue weighted by molar-refractivity contribution is 5.91. The number of furan rings is 1. The van der Waals surface area contributed by atoms with Gasteiger partial charge in [-0.1, -0.05) is 6.92 Å². The fraction of sp³-hybridized carbons (Fsp3) is 0.583.